The average Bonchev–Trinajstić information content (AvgIpc) is 2.19. The first kappa shape index (κ1) is 11.5. The van der Waals surface area contributed by atoms with E-state index in [2.05, 4.69) is 15.9 Å². The molecule has 0 unspecified atom stereocenters. The molecule has 1 rings (SSSR count). The van der Waals surface area contributed by atoms with Crippen LogP contribution in [0.5, 0.6) is 5.75 Å². The summed E-state index contributed by atoms with van der Waals surface area (Å²) in [6.45, 7) is 5.94. The molecule has 3 heteroatoms. The predicted molar refractivity (Wildman–Crippen MR) is 60.8 cm³/mol. The Labute approximate surface area is 92.7 Å². The van der Waals surface area contributed by atoms with E-state index in [1.165, 1.54) is 0 Å². The van der Waals surface area contributed by atoms with Crippen LogP contribution in [0.4, 0.5) is 0 Å². The standard InChI is InChI=1S/C11H15BrO2/c1-6-7(2)11(14)10(12)8(3)9(6)4-5-13/h13-14H,4-5H2,1-3H3. The molecule has 2 N–H and O–H groups in total. The van der Waals surface area contributed by atoms with Crippen molar-refractivity contribution in [2.24, 2.45) is 0 Å². The monoisotopic (exact) mass is 258 g/mol. The SMILES string of the molecule is Cc1c(C)c(CCO)c(C)c(Br)c1O. The van der Waals surface area contributed by atoms with Crippen LogP contribution in [0.3, 0.4) is 0 Å². The van der Waals surface area contributed by atoms with Crippen LogP contribution >= 0.6 is 15.9 Å². The number of aromatic hydroxyl groups is 1. The molecule has 1 aromatic rings. The summed E-state index contributed by atoms with van der Waals surface area (Å²) >= 11 is 3.35. The van der Waals surface area contributed by atoms with Gasteiger partial charge in [0.2, 0.25) is 0 Å². The fraction of sp³-hybridized carbons (Fsp3) is 0.455. The number of benzene rings is 1. The lowest BCUT2D eigenvalue weighted by Crippen LogP contribution is -2.01. The Morgan fingerprint density at radius 3 is 2.14 bits per heavy atom. The summed E-state index contributed by atoms with van der Waals surface area (Å²) in [6, 6.07) is 0. The topological polar surface area (TPSA) is 40.5 Å². The lowest BCUT2D eigenvalue weighted by atomic mass is 9.95. The molecule has 0 aliphatic carbocycles. The Hall–Kier alpha value is -0.540. The van der Waals surface area contributed by atoms with Crippen molar-refractivity contribution in [2.75, 3.05) is 6.61 Å². The number of hydrogen-bond donors (Lipinski definition) is 2. The van der Waals surface area contributed by atoms with Gasteiger partial charge in [-0.15, -0.1) is 0 Å². The van der Waals surface area contributed by atoms with E-state index < -0.39 is 0 Å². The van der Waals surface area contributed by atoms with Crippen molar-refractivity contribution in [3.8, 4) is 5.75 Å². The van der Waals surface area contributed by atoms with Crippen LogP contribution in [-0.4, -0.2) is 16.8 Å². The molecule has 1 aromatic carbocycles. The van der Waals surface area contributed by atoms with E-state index in [9.17, 15) is 5.11 Å². The van der Waals surface area contributed by atoms with Crippen LogP contribution in [0, 0.1) is 20.8 Å². The molecule has 0 bridgehead atoms. The Morgan fingerprint density at radius 2 is 1.64 bits per heavy atom. The summed E-state index contributed by atoms with van der Waals surface area (Å²) in [6.07, 6.45) is 0.636. The van der Waals surface area contributed by atoms with E-state index in [0.29, 0.717) is 12.2 Å². The number of hydrogen-bond acceptors (Lipinski definition) is 2. The van der Waals surface area contributed by atoms with Crippen molar-refractivity contribution in [1.29, 1.82) is 0 Å². The summed E-state index contributed by atoms with van der Waals surface area (Å²) in [5.41, 5.74) is 4.08. The predicted octanol–water partition coefficient (Wildman–Crippen LogP) is 2.61. The van der Waals surface area contributed by atoms with Gasteiger partial charge in [0.05, 0.1) is 4.47 Å². The van der Waals surface area contributed by atoms with Gasteiger partial charge in [-0.25, -0.2) is 0 Å². The van der Waals surface area contributed by atoms with Crippen LogP contribution in [0.2, 0.25) is 0 Å². The third kappa shape index (κ3) is 1.79. The molecule has 78 valence electrons. The molecule has 0 radical (unpaired) electrons. The number of phenols is 1. The van der Waals surface area contributed by atoms with Crippen LogP contribution in [0.1, 0.15) is 22.3 Å². The quantitative estimate of drug-likeness (QED) is 0.857. The minimum atomic E-state index is 0.137. The fourth-order valence-corrected chi connectivity index (χ4v) is 2.18. The zero-order valence-corrected chi connectivity index (χ0v) is 10.3. The van der Waals surface area contributed by atoms with Gasteiger partial charge in [-0.3, -0.25) is 0 Å². The Kier molecular flexibility index (Phi) is 3.56. The van der Waals surface area contributed by atoms with Gasteiger partial charge in [0.15, 0.2) is 0 Å². The Morgan fingerprint density at radius 1 is 1.07 bits per heavy atom. The van der Waals surface area contributed by atoms with Gasteiger partial charge in [0.1, 0.15) is 5.75 Å². The van der Waals surface area contributed by atoms with Gasteiger partial charge in [0.25, 0.3) is 0 Å². The van der Waals surface area contributed by atoms with E-state index in [0.717, 1.165) is 26.7 Å². The number of rotatable bonds is 2. The summed E-state index contributed by atoms with van der Waals surface area (Å²) in [5.74, 6) is 0.307. The van der Waals surface area contributed by atoms with E-state index in [1.54, 1.807) is 0 Å². The first-order valence-electron chi connectivity index (χ1n) is 4.58. The molecule has 2 nitrogen and oxygen atoms in total. The number of aliphatic hydroxyl groups is 1. The Bertz CT molecular complexity index is 330. The van der Waals surface area contributed by atoms with E-state index in [4.69, 9.17) is 5.11 Å². The minimum absolute atomic E-state index is 0.137. The number of halogens is 1. The van der Waals surface area contributed by atoms with Crippen molar-refractivity contribution < 1.29 is 10.2 Å². The highest BCUT2D eigenvalue weighted by molar-refractivity contribution is 9.10. The molecular formula is C11H15BrO2. The zero-order valence-electron chi connectivity index (χ0n) is 8.69. The smallest absolute Gasteiger partial charge is 0.133 e. The largest absolute Gasteiger partial charge is 0.506 e. The summed E-state index contributed by atoms with van der Waals surface area (Å²) in [4.78, 5) is 0. The van der Waals surface area contributed by atoms with Gasteiger partial charge >= 0.3 is 0 Å². The Balaban J connectivity index is 3.43. The molecule has 0 heterocycles. The highest BCUT2D eigenvalue weighted by Gasteiger charge is 2.14. The minimum Gasteiger partial charge on any atom is -0.506 e. The first-order valence-corrected chi connectivity index (χ1v) is 5.38. The van der Waals surface area contributed by atoms with Crippen molar-refractivity contribution >= 4 is 15.9 Å². The van der Waals surface area contributed by atoms with Crippen LogP contribution in [0.15, 0.2) is 4.47 Å². The van der Waals surface area contributed by atoms with Crippen molar-refractivity contribution in [1.82, 2.24) is 0 Å². The molecule has 0 fully saturated rings. The molecule has 0 spiro atoms. The summed E-state index contributed by atoms with van der Waals surface area (Å²) < 4.78 is 0.740. The van der Waals surface area contributed by atoms with Crippen molar-refractivity contribution in [2.45, 2.75) is 27.2 Å². The molecule has 0 atom stereocenters. The van der Waals surface area contributed by atoms with Crippen LogP contribution < -0.4 is 0 Å². The van der Waals surface area contributed by atoms with Crippen LogP contribution in [-0.2, 0) is 6.42 Å². The molecule has 0 aromatic heterocycles. The second kappa shape index (κ2) is 4.32. The van der Waals surface area contributed by atoms with Crippen molar-refractivity contribution in [3.05, 3.63) is 26.7 Å². The molecule has 0 aliphatic rings. The van der Waals surface area contributed by atoms with Gasteiger partial charge < -0.3 is 10.2 Å². The molecule has 14 heavy (non-hydrogen) atoms. The molecule has 0 amide bonds. The third-order valence-electron chi connectivity index (χ3n) is 2.72. The highest BCUT2D eigenvalue weighted by atomic mass is 79.9. The number of aliphatic hydroxyl groups excluding tert-OH is 1. The fourth-order valence-electron chi connectivity index (χ4n) is 1.65. The summed E-state index contributed by atoms with van der Waals surface area (Å²) in [5, 5.41) is 18.7. The maximum absolute atomic E-state index is 9.75. The maximum Gasteiger partial charge on any atom is 0.133 e. The lowest BCUT2D eigenvalue weighted by molar-refractivity contribution is 0.299. The van der Waals surface area contributed by atoms with Gasteiger partial charge in [-0.1, -0.05) is 0 Å². The van der Waals surface area contributed by atoms with Crippen LogP contribution in [0.25, 0.3) is 0 Å². The second-order valence-electron chi connectivity index (χ2n) is 3.49. The molecule has 0 aliphatic heterocycles. The van der Waals surface area contributed by atoms with E-state index >= 15 is 0 Å². The zero-order chi connectivity index (χ0) is 10.9. The highest BCUT2D eigenvalue weighted by Crippen LogP contribution is 2.36. The molecule has 0 saturated carbocycles. The lowest BCUT2D eigenvalue weighted by Gasteiger charge is -2.15. The van der Waals surface area contributed by atoms with Crippen molar-refractivity contribution in [3.63, 3.8) is 0 Å². The molecule has 0 saturated heterocycles. The third-order valence-corrected chi connectivity index (χ3v) is 3.69. The molecular weight excluding hydrogens is 244 g/mol. The second-order valence-corrected chi connectivity index (χ2v) is 4.28. The average molecular weight is 259 g/mol. The normalized spacial score (nSPS) is 10.6. The van der Waals surface area contributed by atoms with Gasteiger partial charge in [-0.2, -0.15) is 0 Å². The first-order chi connectivity index (χ1) is 6.50. The van der Waals surface area contributed by atoms with Gasteiger partial charge in [0, 0.05) is 6.61 Å². The van der Waals surface area contributed by atoms with E-state index in [1.807, 2.05) is 20.8 Å². The van der Waals surface area contributed by atoms with E-state index in [-0.39, 0.29) is 6.61 Å². The number of phenolic OH excluding ortho intramolecular Hbond substituents is 1. The van der Waals surface area contributed by atoms with Gasteiger partial charge in [-0.05, 0) is 65.4 Å². The maximum atomic E-state index is 9.75. The summed E-state index contributed by atoms with van der Waals surface area (Å²) in [7, 11) is 0.